The Kier molecular flexibility index (Phi) is 8.48. The number of likely N-dealkylation sites (tertiary alicyclic amines) is 1. The lowest BCUT2D eigenvalue weighted by molar-refractivity contribution is -0.167. The molecular weight excluding hydrogens is 544 g/mol. The van der Waals surface area contributed by atoms with Crippen LogP contribution in [0.4, 0.5) is 5.69 Å². The number of halogens is 1. The van der Waals surface area contributed by atoms with E-state index in [-0.39, 0.29) is 23.6 Å². The summed E-state index contributed by atoms with van der Waals surface area (Å²) in [5, 5.41) is 10.0. The topological polar surface area (TPSA) is 105 Å². The fraction of sp³-hybridized carbons (Fsp3) is 0.419. The van der Waals surface area contributed by atoms with Gasteiger partial charge in [0, 0.05) is 24.3 Å². The fourth-order valence-electron chi connectivity index (χ4n) is 5.08. The summed E-state index contributed by atoms with van der Waals surface area (Å²) < 4.78 is 7.23. The molecule has 0 amide bonds. The SMILES string of the molecule is C#CCN(Cc1cc2c(=O)n(C)c(CN3CCC[C@@]3(C)C(=O)OC(C)(C)C)nc2cc1Cl)c1ccc(C(=O)O)cc1. The number of ether oxygens (including phenoxy) is 1. The number of nitrogens with zero attached hydrogens (tertiary/aromatic N) is 4. The van der Waals surface area contributed by atoms with E-state index in [0.29, 0.717) is 53.4 Å². The molecule has 1 aliphatic heterocycles. The first-order chi connectivity index (χ1) is 19.2. The van der Waals surface area contributed by atoms with Crippen molar-refractivity contribution < 1.29 is 19.4 Å². The highest BCUT2D eigenvalue weighted by atomic mass is 35.5. The summed E-state index contributed by atoms with van der Waals surface area (Å²) in [5.41, 5.74) is 0.396. The zero-order valence-corrected chi connectivity index (χ0v) is 24.8. The van der Waals surface area contributed by atoms with Crippen LogP contribution >= 0.6 is 11.6 Å². The van der Waals surface area contributed by atoms with Gasteiger partial charge >= 0.3 is 11.9 Å². The average Bonchev–Trinajstić information content (AvgIpc) is 3.28. The normalized spacial score (nSPS) is 17.4. The molecule has 1 atom stereocenters. The monoisotopic (exact) mass is 578 g/mol. The van der Waals surface area contributed by atoms with Crippen molar-refractivity contribution in [2.24, 2.45) is 7.05 Å². The van der Waals surface area contributed by atoms with Gasteiger partial charge in [0.05, 0.1) is 29.6 Å². The minimum absolute atomic E-state index is 0.170. The molecule has 2 aromatic carbocycles. The van der Waals surface area contributed by atoms with E-state index in [1.54, 1.807) is 31.3 Å². The van der Waals surface area contributed by atoms with Crippen LogP contribution in [-0.4, -0.2) is 55.7 Å². The van der Waals surface area contributed by atoms with Crippen molar-refractivity contribution in [2.75, 3.05) is 18.0 Å². The minimum atomic E-state index is -1.01. The minimum Gasteiger partial charge on any atom is -0.478 e. The molecule has 10 heteroatoms. The second-order valence-electron chi connectivity index (χ2n) is 11.6. The smallest absolute Gasteiger partial charge is 0.335 e. The lowest BCUT2D eigenvalue weighted by Crippen LogP contribution is -2.50. The van der Waals surface area contributed by atoms with E-state index in [2.05, 4.69) is 5.92 Å². The number of aromatic carboxylic acids is 1. The van der Waals surface area contributed by atoms with Crippen molar-refractivity contribution in [1.29, 1.82) is 0 Å². The van der Waals surface area contributed by atoms with E-state index < -0.39 is 17.1 Å². The van der Waals surface area contributed by atoms with Crippen molar-refractivity contribution in [3.63, 3.8) is 0 Å². The number of esters is 1. The molecule has 9 nitrogen and oxygen atoms in total. The van der Waals surface area contributed by atoms with Crippen LogP contribution in [0.1, 0.15) is 62.3 Å². The van der Waals surface area contributed by atoms with Gasteiger partial charge in [0.15, 0.2) is 0 Å². The van der Waals surface area contributed by atoms with E-state index in [1.807, 2.05) is 37.5 Å². The Balaban J connectivity index is 1.64. The van der Waals surface area contributed by atoms with Gasteiger partial charge in [0.2, 0.25) is 0 Å². The Bertz CT molecular complexity index is 1590. The van der Waals surface area contributed by atoms with E-state index in [9.17, 15) is 19.5 Å². The standard InChI is InChI=1S/C31H35ClN4O5/c1-7-14-35(22-11-9-20(10-12-22)28(38)39)18-21-16-23-25(17-24(21)32)33-26(34(6)27(23)37)19-36-15-8-13-31(36,5)29(40)41-30(2,3)4/h1,9-12,16-17H,8,13-15,18-19H2,2-6H3,(H,38,39)/t31-/m0/s1. The molecule has 4 rings (SSSR count). The summed E-state index contributed by atoms with van der Waals surface area (Å²) in [6.45, 7) is 8.97. The lowest BCUT2D eigenvalue weighted by Gasteiger charge is -2.35. The molecule has 2 heterocycles. The fourth-order valence-corrected chi connectivity index (χ4v) is 5.30. The van der Waals surface area contributed by atoms with E-state index in [0.717, 1.165) is 12.1 Å². The van der Waals surface area contributed by atoms with Crippen LogP contribution in [0.15, 0.2) is 41.2 Å². The van der Waals surface area contributed by atoms with Crippen LogP contribution in [0, 0.1) is 12.3 Å². The van der Waals surface area contributed by atoms with Gasteiger partial charge in [-0.1, -0.05) is 17.5 Å². The number of hydrogen-bond acceptors (Lipinski definition) is 7. The second kappa shape index (κ2) is 11.6. The van der Waals surface area contributed by atoms with Gasteiger partial charge in [-0.15, -0.1) is 6.42 Å². The third-order valence-corrected chi connectivity index (χ3v) is 7.77. The van der Waals surface area contributed by atoms with Gasteiger partial charge in [-0.2, -0.15) is 0 Å². The highest BCUT2D eigenvalue weighted by Crippen LogP contribution is 2.33. The van der Waals surface area contributed by atoms with E-state index in [4.69, 9.17) is 27.7 Å². The maximum atomic E-state index is 13.5. The molecule has 0 spiro atoms. The summed E-state index contributed by atoms with van der Waals surface area (Å²) in [7, 11) is 1.67. The Hall–Kier alpha value is -3.87. The number of rotatable bonds is 8. The largest absolute Gasteiger partial charge is 0.478 e. The van der Waals surface area contributed by atoms with E-state index >= 15 is 0 Å². The molecule has 1 aliphatic rings. The van der Waals surface area contributed by atoms with Crippen LogP contribution < -0.4 is 10.5 Å². The number of aromatic nitrogens is 2. The Morgan fingerprint density at radius 1 is 1.24 bits per heavy atom. The Morgan fingerprint density at radius 3 is 2.54 bits per heavy atom. The number of anilines is 1. The van der Waals surface area contributed by atoms with Crippen LogP contribution in [0.2, 0.25) is 5.02 Å². The third-order valence-electron chi connectivity index (χ3n) is 7.42. The van der Waals surface area contributed by atoms with Crippen LogP contribution in [0.3, 0.4) is 0 Å². The molecule has 1 N–H and O–H groups in total. The van der Waals surface area contributed by atoms with Gasteiger partial charge in [0.1, 0.15) is 17.0 Å². The van der Waals surface area contributed by atoms with Crippen molar-refractivity contribution in [2.45, 2.75) is 64.8 Å². The quantitative estimate of drug-likeness (QED) is 0.305. The molecule has 0 unspecified atom stereocenters. The molecule has 0 bridgehead atoms. The first-order valence-corrected chi connectivity index (χ1v) is 13.8. The predicted molar refractivity (Wildman–Crippen MR) is 159 cm³/mol. The number of carbonyl (C=O) groups excluding carboxylic acids is 1. The van der Waals surface area contributed by atoms with Crippen molar-refractivity contribution >= 4 is 40.1 Å². The molecule has 0 radical (unpaired) electrons. The van der Waals surface area contributed by atoms with E-state index in [1.165, 1.54) is 16.7 Å². The second-order valence-corrected chi connectivity index (χ2v) is 12.0. The first kappa shape index (κ1) is 30.1. The number of terminal acetylenes is 1. The highest BCUT2D eigenvalue weighted by Gasteiger charge is 2.46. The molecule has 3 aromatic rings. The number of carboxylic acids is 1. The van der Waals surface area contributed by atoms with Crippen molar-refractivity contribution in [1.82, 2.24) is 14.5 Å². The summed E-state index contributed by atoms with van der Waals surface area (Å²) in [6, 6.07) is 9.80. The first-order valence-electron chi connectivity index (χ1n) is 13.4. The van der Waals surface area contributed by atoms with Gasteiger partial charge in [-0.3, -0.25) is 19.1 Å². The number of hydrogen-bond donors (Lipinski definition) is 1. The number of carboxylic acid groups (broad SMARTS) is 1. The maximum Gasteiger partial charge on any atom is 0.335 e. The molecule has 216 valence electrons. The van der Waals surface area contributed by atoms with Crippen molar-refractivity contribution in [3.8, 4) is 12.3 Å². The number of carbonyl (C=O) groups is 2. The predicted octanol–water partition coefficient (Wildman–Crippen LogP) is 4.62. The molecule has 0 saturated carbocycles. The molecular formula is C31H35ClN4O5. The number of benzene rings is 2. The summed E-state index contributed by atoms with van der Waals surface area (Å²) in [6.07, 6.45) is 7.10. The molecule has 1 saturated heterocycles. The lowest BCUT2D eigenvalue weighted by atomic mass is 9.98. The number of fused-ring (bicyclic) bond motifs is 1. The van der Waals surface area contributed by atoms with Gasteiger partial charge < -0.3 is 14.7 Å². The zero-order chi connectivity index (χ0) is 30.1. The maximum absolute atomic E-state index is 13.5. The van der Waals surface area contributed by atoms with Gasteiger partial charge in [0.25, 0.3) is 5.56 Å². The van der Waals surface area contributed by atoms with Crippen LogP contribution in [0.25, 0.3) is 10.9 Å². The van der Waals surface area contributed by atoms with Crippen molar-refractivity contribution in [3.05, 3.63) is 68.7 Å². The third kappa shape index (κ3) is 6.39. The average molecular weight is 579 g/mol. The summed E-state index contributed by atoms with van der Waals surface area (Å²) in [4.78, 5) is 46.5. The summed E-state index contributed by atoms with van der Waals surface area (Å²) in [5.74, 6) is 1.85. The molecule has 0 aliphatic carbocycles. The van der Waals surface area contributed by atoms with Gasteiger partial charge in [-0.05, 0) is 89.0 Å². The molecule has 1 fully saturated rings. The van der Waals surface area contributed by atoms with Crippen LogP contribution in [-0.2, 0) is 29.7 Å². The zero-order valence-electron chi connectivity index (χ0n) is 24.0. The summed E-state index contributed by atoms with van der Waals surface area (Å²) >= 11 is 6.69. The molecule has 1 aromatic heterocycles. The Morgan fingerprint density at radius 2 is 1.93 bits per heavy atom. The van der Waals surface area contributed by atoms with Crippen LogP contribution in [0.5, 0.6) is 0 Å². The molecule has 41 heavy (non-hydrogen) atoms. The van der Waals surface area contributed by atoms with Gasteiger partial charge in [-0.25, -0.2) is 9.78 Å². The Labute approximate surface area is 244 Å². The highest BCUT2D eigenvalue weighted by molar-refractivity contribution is 6.32.